The molecule has 3 rings (SSSR count). The molecule has 35 heavy (non-hydrogen) atoms. The number of amides is 2. The van der Waals surface area contributed by atoms with E-state index in [4.69, 9.17) is 4.74 Å². The Kier molecular flexibility index (Phi) is 8.32. The highest BCUT2D eigenvalue weighted by molar-refractivity contribution is 9.10. The summed E-state index contributed by atoms with van der Waals surface area (Å²) in [7, 11) is 0. The Hall–Kier alpha value is -4.49. The number of carbonyl (C=O) groups is 2. The van der Waals surface area contributed by atoms with E-state index in [1.165, 1.54) is 30.3 Å². The molecule has 2 amide bonds. The fraction of sp³-hybridized carbons (Fsp3) is 0.0800. The van der Waals surface area contributed by atoms with Gasteiger partial charge in [0.1, 0.15) is 17.4 Å². The molecule has 0 aromatic heterocycles. The van der Waals surface area contributed by atoms with Gasteiger partial charge >= 0.3 is 0 Å². The van der Waals surface area contributed by atoms with Crippen molar-refractivity contribution in [1.29, 1.82) is 5.26 Å². The zero-order valence-electron chi connectivity index (χ0n) is 18.4. The van der Waals surface area contributed by atoms with Crippen LogP contribution < -0.4 is 15.4 Å². The Balaban J connectivity index is 1.76. The summed E-state index contributed by atoms with van der Waals surface area (Å²) >= 11 is 3.34. The van der Waals surface area contributed by atoms with E-state index >= 15 is 0 Å². The maximum absolute atomic E-state index is 12.6. The van der Waals surface area contributed by atoms with Gasteiger partial charge in [-0.2, -0.15) is 5.26 Å². The van der Waals surface area contributed by atoms with Crippen LogP contribution in [-0.4, -0.2) is 23.3 Å². The highest BCUT2D eigenvalue weighted by Crippen LogP contribution is 2.26. The number of benzene rings is 3. The molecule has 0 heterocycles. The minimum atomic E-state index is -0.754. The van der Waals surface area contributed by atoms with Crippen molar-refractivity contribution in [2.75, 3.05) is 17.2 Å². The summed E-state index contributed by atoms with van der Waals surface area (Å²) < 4.78 is 6.32. The maximum Gasteiger partial charge on any atom is 0.271 e. The summed E-state index contributed by atoms with van der Waals surface area (Å²) in [5.41, 5.74) is 1.67. The number of hydrogen-bond donors (Lipinski definition) is 2. The Morgan fingerprint density at radius 1 is 1.11 bits per heavy atom. The average Bonchev–Trinajstić information content (AvgIpc) is 2.83. The highest BCUT2D eigenvalue weighted by Gasteiger charge is 2.14. The zero-order valence-corrected chi connectivity index (χ0v) is 20.0. The van der Waals surface area contributed by atoms with Gasteiger partial charge in [0.2, 0.25) is 0 Å². The fourth-order valence-electron chi connectivity index (χ4n) is 3.01. The van der Waals surface area contributed by atoms with Crippen molar-refractivity contribution >= 4 is 50.9 Å². The average molecular weight is 535 g/mol. The van der Waals surface area contributed by atoms with Crippen molar-refractivity contribution in [1.82, 2.24) is 0 Å². The first-order chi connectivity index (χ1) is 16.8. The second-order valence-electron chi connectivity index (χ2n) is 7.27. The van der Waals surface area contributed by atoms with Gasteiger partial charge < -0.3 is 15.4 Å². The number of para-hydroxylation sites is 1. The van der Waals surface area contributed by atoms with Gasteiger partial charge in [0.05, 0.1) is 4.92 Å². The van der Waals surface area contributed by atoms with Gasteiger partial charge in [-0.1, -0.05) is 40.2 Å². The highest BCUT2D eigenvalue weighted by atomic mass is 79.9. The van der Waals surface area contributed by atoms with Crippen LogP contribution in [0.4, 0.5) is 17.1 Å². The van der Waals surface area contributed by atoms with Gasteiger partial charge in [-0.05, 0) is 48.9 Å². The number of non-ortho nitro benzene ring substituents is 1. The van der Waals surface area contributed by atoms with E-state index in [0.29, 0.717) is 15.7 Å². The number of nitro benzene ring substituents is 1. The number of nitrogens with zero attached hydrogens (tertiary/aromatic N) is 2. The summed E-state index contributed by atoms with van der Waals surface area (Å²) in [6.07, 6.45) is 1.31. The third-order valence-electron chi connectivity index (χ3n) is 4.73. The molecule has 3 aromatic carbocycles. The molecule has 0 spiro atoms. The van der Waals surface area contributed by atoms with E-state index in [1.54, 1.807) is 24.3 Å². The molecule has 0 saturated heterocycles. The predicted molar refractivity (Wildman–Crippen MR) is 135 cm³/mol. The van der Waals surface area contributed by atoms with Gasteiger partial charge in [-0.15, -0.1) is 0 Å². The van der Waals surface area contributed by atoms with Crippen LogP contribution in [0.2, 0.25) is 0 Å². The Labute approximate surface area is 209 Å². The largest absolute Gasteiger partial charge is 0.483 e. The lowest BCUT2D eigenvalue weighted by Crippen LogP contribution is -2.21. The monoisotopic (exact) mass is 534 g/mol. The van der Waals surface area contributed by atoms with Crippen LogP contribution in [0.5, 0.6) is 5.75 Å². The number of nitriles is 1. The molecule has 0 unspecified atom stereocenters. The number of hydrogen-bond acceptors (Lipinski definition) is 6. The van der Waals surface area contributed by atoms with E-state index in [2.05, 4.69) is 26.6 Å². The van der Waals surface area contributed by atoms with Crippen LogP contribution >= 0.6 is 15.9 Å². The Bertz CT molecular complexity index is 1360. The number of nitrogens with one attached hydrogen (secondary N) is 2. The number of carbonyl (C=O) groups excluding carboxylic acids is 2. The second-order valence-corrected chi connectivity index (χ2v) is 8.18. The maximum atomic E-state index is 12.6. The van der Waals surface area contributed by atoms with Crippen LogP contribution in [0.15, 0.2) is 76.8 Å². The number of aryl methyl sites for hydroxylation is 1. The standard InChI is InChI=1S/C25H19BrN4O5/c1-16-5-2-3-8-22(16)29-24(31)15-35-23-10-9-19(26)12-17(23)11-18(14-27)25(32)28-20-6-4-7-21(13-20)30(33)34/h2-13H,15H2,1H3,(H,28,32)(H,29,31)/b18-11-. The molecule has 0 bridgehead atoms. The third kappa shape index (κ3) is 6.99. The lowest BCUT2D eigenvalue weighted by molar-refractivity contribution is -0.384. The molecule has 0 atom stereocenters. The number of ether oxygens (including phenoxy) is 1. The third-order valence-corrected chi connectivity index (χ3v) is 5.22. The number of anilines is 2. The minimum Gasteiger partial charge on any atom is -0.483 e. The van der Waals surface area contributed by atoms with Crippen LogP contribution in [-0.2, 0) is 9.59 Å². The van der Waals surface area contributed by atoms with E-state index in [0.717, 1.165) is 5.56 Å². The first-order valence-corrected chi connectivity index (χ1v) is 11.0. The van der Waals surface area contributed by atoms with Crippen molar-refractivity contribution in [3.05, 3.63) is 98.0 Å². The van der Waals surface area contributed by atoms with Crippen LogP contribution in [0, 0.1) is 28.4 Å². The number of rotatable bonds is 8. The molecular weight excluding hydrogens is 516 g/mol. The van der Waals surface area contributed by atoms with Crippen LogP contribution in [0.25, 0.3) is 6.08 Å². The second kappa shape index (κ2) is 11.6. The van der Waals surface area contributed by atoms with Gasteiger partial charge in [0.15, 0.2) is 6.61 Å². The summed E-state index contributed by atoms with van der Waals surface area (Å²) in [5.74, 6) is -0.846. The van der Waals surface area contributed by atoms with Crippen molar-refractivity contribution < 1.29 is 19.2 Å². The molecule has 2 N–H and O–H groups in total. The number of nitro groups is 1. The summed E-state index contributed by atoms with van der Waals surface area (Å²) in [5, 5.41) is 25.7. The molecule has 0 aliphatic rings. The van der Waals surface area contributed by atoms with Crippen molar-refractivity contribution in [3.8, 4) is 11.8 Å². The Morgan fingerprint density at radius 2 is 1.89 bits per heavy atom. The normalized spacial score (nSPS) is 10.7. The lowest BCUT2D eigenvalue weighted by atomic mass is 10.1. The van der Waals surface area contributed by atoms with Crippen molar-refractivity contribution in [2.45, 2.75) is 6.92 Å². The van der Waals surface area contributed by atoms with E-state index in [-0.39, 0.29) is 35.2 Å². The van der Waals surface area contributed by atoms with E-state index in [9.17, 15) is 25.0 Å². The molecule has 176 valence electrons. The molecular formula is C25H19BrN4O5. The SMILES string of the molecule is Cc1ccccc1NC(=O)COc1ccc(Br)cc1/C=C(/C#N)C(=O)Nc1cccc([N+](=O)[O-])c1. The van der Waals surface area contributed by atoms with Gasteiger partial charge in [0, 0.05) is 33.5 Å². The summed E-state index contributed by atoms with van der Waals surface area (Å²) in [6.45, 7) is 1.58. The first-order valence-electron chi connectivity index (χ1n) is 10.2. The molecule has 10 heteroatoms. The molecule has 0 fully saturated rings. The molecule has 0 radical (unpaired) electrons. The molecule has 0 aliphatic carbocycles. The molecule has 3 aromatic rings. The quantitative estimate of drug-likeness (QED) is 0.176. The van der Waals surface area contributed by atoms with Crippen LogP contribution in [0.3, 0.4) is 0 Å². The van der Waals surface area contributed by atoms with Crippen LogP contribution in [0.1, 0.15) is 11.1 Å². The number of halogens is 1. The predicted octanol–water partition coefficient (Wildman–Crippen LogP) is 5.23. The minimum absolute atomic E-state index is 0.170. The van der Waals surface area contributed by atoms with E-state index in [1.807, 2.05) is 31.2 Å². The zero-order chi connectivity index (χ0) is 25.4. The lowest BCUT2D eigenvalue weighted by Gasteiger charge is -2.12. The molecule has 0 aliphatic heterocycles. The van der Waals surface area contributed by atoms with E-state index < -0.39 is 10.8 Å². The molecule has 0 saturated carbocycles. The van der Waals surface area contributed by atoms with Crippen molar-refractivity contribution in [2.24, 2.45) is 0 Å². The molecule has 9 nitrogen and oxygen atoms in total. The summed E-state index contributed by atoms with van der Waals surface area (Å²) in [6, 6.07) is 19.4. The topological polar surface area (TPSA) is 134 Å². The fourth-order valence-corrected chi connectivity index (χ4v) is 3.38. The smallest absolute Gasteiger partial charge is 0.271 e. The van der Waals surface area contributed by atoms with Gasteiger partial charge in [-0.25, -0.2) is 0 Å². The Morgan fingerprint density at radius 3 is 2.60 bits per heavy atom. The summed E-state index contributed by atoms with van der Waals surface area (Å²) in [4.78, 5) is 35.4. The van der Waals surface area contributed by atoms with Crippen molar-refractivity contribution in [3.63, 3.8) is 0 Å². The van der Waals surface area contributed by atoms with Gasteiger partial charge in [0.25, 0.3) is 17.5 Å². The van der Waals surface area contributed by atoms with Gasteiger partial charge in [-0.3, -0.25) is 19.7 Å². The first kappa shape index (κ1) is 25.1.